The number of aliphatic hydroxyl groups excluding tert-OH is 1. The van der Waals surface area contributed by atoms with Crippen molar-refractivity contribution in [3.63, 3.8) is 0 Å². The number of piperidine rings is 1. The lowest BCUT2D eigenvalue weighted by molar-refractivity contribution is 0.0833. The van der Waals surface area contributed by atoms with Crippen molar-refractivity contribution in [3.8, 4) is 0 Å². The van der Waals surface area contributed by atoms with Crippen LogP contribution in [0.4, 0.5) is 5.69 Å². The average Bonchev–Trinajstić information content (AvgIpc) is 2.63. The molecule has 2 aliphatic heterocycles. The highest BCUT2D eigenvalue weighted by Gasteiger charge is 2.46. The number of hydrogen-bond acceptors (Lipinski definition) is 3. The summed E-state index contributed by atoms with van der Waals surface area (Å²) in [6.07, 6.45) is 4.51. The molecule has 2 fully saturated rings. The lowest BCUT2D eigenvalue weighted by Crippen LogP contribution is -2.55. The van der Waals surface area contributed by atoms with E-state index in [1.54, 1.807) is 0 Å². The minimum atomic E-state index is -0.191. The lowest BCUT2D eigenvalue weighted by Gasteiger charge is -2.45. The molecule has 2 heterocycles. The lowest BCUT2D eigenvalue weighted by atomic mass is 9.83. The molecule has 1 aromatic rings. The first-order chi connectivity index (χ1) is 9.12. The van der Waals surface area contributed by atoms with Crippen LogP contribution in [0, 0.1) is 0 Å². The first-order valence-electron chi connectivity index (χ1n) is 6.98. The monoisotopic (exact) mass is 280 g/mol. The van der Waals surface area contributed by atoms with Crippen molar-refractivity contribution < 1.29 is 5.11 Å². The van der Waals surface area contributed by atoms with Gasteiger partial charge in [-0.1, -0.05) is 17.7 Å². The van der Waals surface area contributed by atoms with Gasteiger partial charge in [-0.2, -0.15) is 0 Å². The van der Waals surface area contributed by atoms with Crippen LogP contribution in [-0.2, 0) is 0 Å². The summed E-state index contributed by atoms with van der Waals surface area (Å²) in [7, 11) is 2.21. The maximum atomic E-state index is 9.91. The molecule has 1 aromatic carbocycles. The number of benzene rings is 1. The summed E-state index contributed by atoms with van der Waals surface area (Å²) >= 11 is 6.03. The summed E-state index contributed by atoms with van der Waals surface area (Å²) < 4.78 is 0. The van der Waals surface area contributed by atoms with Crippen molar-refractivity contribution in [1.82, 2.24) is 4.90 Å². The first kappa shape index (κ1) is 13.2. The average molecular weight is 281 g/mol. The molecular weight excluding hydrogens is 260 g/mol. The summed E-state index contributed by atoms with van der Waals surface area (Å²) in [4.78, 5) is 2.48. The van der Waals surface area contributed by atoms with Gasteiger partial charge in [0.15, 0.2) is 0 Å². The predicted molar refractivity (Wildman–Crippen MR) is 78.7 cm³/mol. The van der Waals surface area contributed by atoms with Gasteiger partial charge >= 0.3 is 0 Å². The van der Waals surface area contributed by atoms with E-state index in [1.807, 2.05) is 24.3 Å². The van der Waals surface area contributed by atoms with Gasteiger partial charge in [0.2, 0.25) is 0 Å². The van der Waals surface area contributed by atoms with Gasteiger partial charge < -0.3 is 15.3 Å². The fourth-order valence-electron chi connectivity index (χ4n) is 3.71. The van der Waals surface area contributed by atoms with Crippen LogP contribution in [-0.4, -0.2) is 41.3 Å². The highest BCUT2D eigenvalue weighted by atomic mass is 35.5. The molecule has 0 saturated carbocycles. The first-order valence-corrected chi connectivity index (χ1v) is 7.36. The van der Waals surface area contributed by atoms with Gasteiger partial charge in [0.1, 0.15) is 0 Å². The molecule has 2 unspecified atom stereocenters. The van der Waals surface area contributed by atoms with Crippen molar-refractivity contribution in [2.75, 3.05) is 19.0 Å². The van der Waals surface area contributed by atoms with E-state index >= 15 is 0 Å². The molecule has 104 valence electrons. The maximum Gasteiger partial charge on any atom is 0.0662 e. The van der Waals surface area contributed by atoms with Crippen LogP contribution in [0.2, 0.25) is 5.02 Å². The van der Waals surface area contributed by atoms with Gasteiger partial charge in [-0.05, 0) is 50.9 Å². The molecule has 2 aliphatic rings. The van der Waals surface area contributed by atoms with Crippen LogP contribution in [0.3, 0.4) is 0 Å². The van der Waals surface area contributed by atoms with E-state index in [0.717, 1.165) is 23.6 Å². The number of rotatable bonds is 3. The Bertz CT molecular complexity index is 451. The van der Waals surface area contributed by atoms with Gasteiger partial charge in [-0.25, -0.2) is 0 Å². The molecule has 2 atom stereocenters. The molecule has 0 aliphatic carbocycles. The third kappa shape index (κ3) is 2.47. The molecule has 2 saturated heterocycles. The molecule has 3 nitrogen and oxygen atoms in total. The predicted octanol–water partition coefficient (Wildman–Crippen LogP) is 2.74. The van der Waals surface area contributed by atoms with Crippen LogP contribution in [0.1, 0.15) is 25.7 Å². The van der Waals surface area contributed by atoms with Gasteiger partial charge in [0.05, 0.1) is 12.1 Å². The van der Waals surface area contributed by atoms with Crippen molar-refractivity contribution in [2.45, 2.75) is 43.3 Å². The number of halogens is 1. The van der Waals surface area contributed by atoms with Crippen LogP contribution in [0.15, 0.2) is 24.3 Å². The van der Waals surface area contributed by atoms with E-state index in [9.17, 15) is 5.11 Å². The molecule has 2 N–H and O–H groups in total. The molecule has 3 rings (SSSR count). The molecule has 4 heteroatoms. The topological polar surface area (TPSA) is 35.5 Å². The summed E-state index contributed by atoms with van der Waals surface area (Å²) in [5.74, 6) is 0. The van der Waals surface area contributed by atoms with E-state index in [0.29, 0.717) is 12.1 Å². The zero-order chi connectivity index (χ0) is 13.5. The van der Waals surface area contributed by atoms with E-state index in [2.05, 4.69) is 17.3 Å². The second-order valence-electron chi connectivity index (χ2n) is 6.03. The third-order valence-electron chi connectivity index (χ3n) is 4.77. The minimum absolute atomic E-state index is 0.181. The Morgan fingerprint density at radius 2 is 2.05 bits per heavy atom. The number of aliphatic hydroxyl groups is 1. The largest absolute Gasteiger partial charge is 0.394 e. The van der Waals surface area contributed by atoms with Gasteiger partial charge in [0, 0.05) is 22.8 Å². The third-order valence-corrected chi connectivity index (χ3v) is 5.01. The van der Waals surface area contributed by atoms with Crippen molar-refractivity contribution >= 4 is 17.3 Å². The zero-order valence-corrected chi connectivity index (χ0v) is 12.0. The van der Waals surface area contributed by atoms with E-state index in [-0.39, 0.29) is 12.1 Å². The molecule has 0 aromatic heterocycles. The van der Waals surface area contributed by atoms with E-state index in [1.165, 1.54) is 12.8 Å². The van der Waals surface area contributed by atoms with Crippen LogP contribution >= 0.6 is 11.6 Å². The fraction of sp³-hybridized carbons (Fsp3) is 0.600. The molecule has 19 heavy (non-hydrogen) atoms. The molecule has 0 spiro atoms. The SMILES string of the molecule is CN1C2CCC1CC(CO)(Nc1cccc(Cl)c1)C2. The Kier molecular flexibility index (Phi) is 3.46. The second kappa shape index (κ2) is 4.97. The Labute approximate surface area is 119 Å². The van der Waals surface area contributed by atoms with Crippen molar-refractivity contribution in [2.24, 2.45) is 0 Å². The highest BCUT2D eigenvalue weighted by molar-refractivity contribution is 6.30. The summed E-state index contributed by atoms with van der Waals surface area (Å²) in [6.45, 7) is 0.181. The number of nitrogens with zero attached hydrogens (tertiary/aromatic N) is 1. The standard InChI is InChI=1S/C15H21ClN2O/c1-18-13-5-6-14(18)9-15(8-13,10-19)17-12-4-2-3-11(16)7-12/h2-4,7,13-14,17,19H,5-6,8-10H2,1H3. The molecule has 0 radical (unpaired) electrons. The van der Waals surface area contributed by atoms with Crippen LogP contribution in [0.25, 0.3) is 0 Å². The minimum Gasteiger partial charge on any atom is -0.394 e. The summed E-state index contributed by atoms with van der Waals surface area (Å²) in [5, 5.41) is 14.2. The van der Waals surface area contributed by atoms with Crippen molar-refractivity contribution in [3.05, 3.63) is 29.3 Å². The van der Waals surface area contributed by atoms with E-state index < -0.39 is 0 Å². The summed E-state index contributed by atoms with van der Waals surface area (Å²) in [6, 6.07) is 8.95. The molecular formula is C15H21ClN2O. The number of anilines is 1. The fourth-order valence-corrected chi connectivity index (χ4v) is 3.90. The van der Waals surface area contributed by atoms with Crippen LogP contribution < -0.4 is 5.32 Å². The quantitative estimate of drug-likeness (QED) is 0.894. The van der Waals surface area contributed by atoms with Gasteiger partial charge in [0.25, 0.3) is 0 Å². The Morgan fingerprint density at radius 1 is 1.37 bits per heavy atom. The second-order valence-corrected chi connectivity index (χ2v) is 6.47. The molecule has 2 bridgehead atoms. The summed E-state index contributed by atoms with van der Waals surface area (Å²) in [5.41, 5.74) is 0.814. The van der Waals surface area contributed by atoms with Crippen LogP contribution in [0.5, 0.6) is 0 Å². The van der Waals surface area contributed by atoms with Gasteiger partial charge in [-0.15, -0.1) is 0 Å². The zero-order valence-electron chi connectivity index (χ0n) is 11.3. The van der Waals surface area contributed by atoms with Gasteiger partial charge in [-0.3, -0.25) is 0 Å². The maximum absolute atomic E-state index is 9.91. The van der Waals surface area contributed by atoms with Crippen molar-refractivity contribution in [1.29, 1.82) is 0 Å². The van der Waals surface area contributed by atoms with E-state index in [4.69, 9.17) is 11.6 Å². The number of hydrogen-bond donors (Lipinski definition) is 2. The number of fused-ring (bicyclic) bond motifs is 2. The Morgan fingerprint density at radius 3 is 2.63 bits per heavy atom. The smallest absolute Gasteiger partial charge is 0.0662 e. The number of nitrogens with one attached hydrogen (secondary N) is 1. The highest BCUT2D eigenvalue weighted by Crippen LogP contribution is 2.41. The Balaban J connectivity index is 1.81. The Hall–Kier alpha value is -0.770. The normalized spacial score (nSPS) is 34.5. The molecule has 0 amide bonds.